The Hall–Kier alpha value is 0.463. The Morgan fingerprint density at radius 1 is 1.43 bits per heavy atom. The average molecular weight is 163 g/mol. The van der Waals surface area contributed by atoms with Crippen LogP contribution in [0, 0.1) is 0 Å². The molecule has 4 N–H and O–H groups in total. The predicted octanol–water partition coefficient (Wildman–Crippen LogP) is -0.0756. The predicted molar refractivity (Wildman–Crippen MR) is 35.2 cm³/mol. The van der Waals surface area contributed by atoms with Crippen LogP contribution in [0.5, 0.6) is 0 Å². The van der Waals surface area contributed by atoms with Gasteiger partial charge in [0, 0.05) is 0 Å². The summed E-state index contributed by atoms with van der Waals surface area (Å²) >= 11 is -1.57. The van der Waals surface area contributed by atoms with Crippen LogP contribution < -0.4 is 9.38 Å². The van der Waals surface area contributed by atoms with Gasteiger partial charge in [0.15, 0.2) is 0 Å². The van der Waals surface area contributed by atoms with Crippen LogP contribution in [0.2, 0.25) is 5.25 Å². The van der Waals surface area contributed by atoms with E-state index < -0.39 is 14.8 Å². The summed E-state index contributed by atoms with van der Waals surface area (Å²) in [6.07, 6.45) is 2.47. The summed E-state index contributed by atoms with van der Waals surface area (Å²) in [6, 6.07) is 0. The van der Waals surface area contributed by atoms with Crippen LogP contribution in [0.3, 0.4) is 0 Å². The van der Waals surface area contributed by atoms with E-state index >= 15 is 0 Å². The van der Waals surface area contributed by atoms with Gasteiger partial charge >= 0.3 is 49.2 Å². The van der Waals surface area contributed by atoms with Crippen molar-refractivity contribution in [3.8, 4) is 0 Å². The quantitative estimate of drug-likeness (QED) is 0.571. The second-order valence-corrected chi connectivity index (χ2v) is 5.80. The monoisotopic (exact) mass is 164 g/mol. The van der Waals surface area contributed by atoms with Crippen LogP contribution in [0.25, 0.3) is 0 Å². The Kier molecular flexibility index (Phi) is 4.92. The van der Waals surface area contributed by atoms with Gasteiger partial charge in [0.05, 0.1) is 0 Å². The van der Waals surface area contributed by atoms with Crippen molar-refractivity contribution < 1.29 is 0 Å². The topological polar surface area (TPSA) is 52.0 Å². The molecule has 0 saturated heterocycles. The molecule has 0 heterocycles. The number of hydrogen-bond acceptors (Lipinski definition) is 2. The molecule has 0 unspecified atom stereocenters. The second-order valence-electron chi connectivity index (χ2n) is 1.81. The third kappa shape index (κ3) is 6.46. The number of hydrogen-bond donors (Lipinski definition) is 2. The summed E-state index contributed by atoms with van der Waals surface area (Å²) in [5.41, 5.74) is 0. The van der Waals surface area contributed by atoms with Gasteiger partial charge in [-0.15, -0.1) is 0 Å². The molecule has 0 fully saturated rings. The first-order chi connectivity index (χ1) is 3.27. The van der Waals surface area contributed by atoms with Crippen LogP contribution in [0.1, 0.15) is 19.8 Å². The van der Waals surface area contributed by atoms with E-state index in [0.29, 0.717) is 0 Å². The number of rotatable bonds is 3. The van der Waals surface area contributed by atoms with E-state index in [9.17, 15) is 0 Å². The molecule has 0 radical (unpaired) electrons. The van der Waals surface area contributed by atoms with Crippen molar-refractivity contribution in [1.29, 1.82) is 0 Å². The fourth-order valence-electron chi connectivity index (χ4n) is 0.440. The molecular formula is C4H14GeN2. The third-order valence-corrected chi connectivity index (χ3v) is 3.15. The Bertz CT molecular complexity index is 38.7. The minimum atomic E-state index is -1.57. The van der Waals surface area contributed by atoms with Crippen molar-refractivity contribution in [2.45, 2.75) is 25.0 Å². The first kappa shape index (κ1) is 7.46. The molecule has 0 aliphatic rings. The van der Waals surface area contributed by atoms with E-state index in [-0.39, 0.29) is 0 Å². The summed E-state index contributed by atoms with van der Waals surface area (Å²) in [6.45, 7) is 2.16. The second kappa shape index (κ2) is 4.62. The Balaban J connectivity index is 2.68. The molecule has 0 aromatic rings. The van der Waals surface area contributed by atoms with Crippen LogP contribution in [0.15, 0.2) is 0 Å². The standard InChI is InChI=1S/C4H14GeN2/c1-2-3-4-5(6)7/h5H,2-4,6-7H2,1H3. The van der Waals surface area contributed by atoms with Gasteiger partial charge in [-0.3, -0.25) is 0 Å². The molecule has 3 heteroatoms. The van der Waals surface area contributed by atoms with Crippen molar-refractivity contribution in [3.63, 3.8) is 0 Å². The van der Waals surface area contributed by atoms with Crippen molar-refractivity contribution in [3.05, 3.63) is 0 Å². The Morgan fingerprint density at radius 3 is 2.14 bits per heavy atom. The third-order valence-electron chi connectivity index (χ3n) is 0.891. The zero-order chi connectivity index (χ0) is 5.70. The fourth-order valence-corrected chi connectivity index (χ4v) is 2.29. The summed E-state index contributed by atoms with van der Waals surface area (Å²) < 4.78 is 10.9. The van der Waals surface area contributed by atoms with E-state index in [0.717, 1.165) is 5.25 Å². The molecule has 0 aromatic heterocycles. The van der Waals surface area contributed by atoms with Crippen molar-refractivity contribution in [1.82, 2.24) is 0 Å². The first-order valence-electron chi connectivity index (χ1n) is 2.78. The van der Waals surface area contributed by atoms with Crippen LogP contribution in [-0.4, -0.2) is 14.8 Å². The van der Waals surface area contributed by atoms with Gasteiger partial charge in [0.25, 0.3) is 0 Å². The molecule has 7 heavy (non-hydrogen) atoms. The Labute approximate surface area is 49.8 Å². The fraction of sp³-hybridized carbons (Fsp3) is 1.00. The molecule has 0 bridgehead atoms. The minimum absolute atomic E-state index is 1.14. The maximum absolute atomic E-state index is 5.44. The molecule has 0 saturated carbocycles. The van der Waals surface area contributed by atoms with Gasteiger partial charge in [0.1, 0.15) is 0 Å². The van der Waals surface area contributed by atoms with E-state index in [2.05, 4.69) is 6.92 Å². The molecule has 0 amide bonds. The number of nitrogens with two attached hydrogens (primary N) is 2. The zero-order valence-electron chi connectivity index (χ0n) is 4.85. The molecule has 0 rings (SSSR count). The summed E-state index contributed by atoms with van der Waals surface area (Å²) in [5, 5.41) is 1.14. The first-order valence-corrected chi connectivity index (χ1v) is 7.29. The van der Waals surface area contributed by atoms with Crippen LogP contribution >= 0.6 is 0 Å². The summed E-state index contributed by atoms with van der Waals surface area (Å²) in [5.74, 6) is 0. The molecule has 44 valence electrons. The molecule has 0 atom stereocenters. The maximum atomic E-state index is 5.44. The van der Waals surface area contributed by atoms with Crippen molar-refractivity contribution >= 4 is 14.8 Å². The summed E-state index contributed by atoms with van der Waals surface area (Å²) in [7, 11) is 0. The van der Waals surface area contributed by atoms with E-state index in [1.54, 1.807) is 0 Å². The van der Waals surface area contributed by atoms with Gasteiger partial charge in [-0.1, -0.05) is 0 Å². The molecule has 2 nitrogen and oxygen atoms in total. The SMILES string of the molecule is CCC[CH2][GeH]([NH2])[NH2]. The van der Waals surface area contributed by atoms with Crippen molar-refractivity contribution in [2.24, 2.45) is 9.38 Å². The van der Waals surface area contributed by atoms with E-state index in [4.69, 9.17) is 9.38 Å². The van der Waals surface area contributed by atoms with Crippen LogP contribution in [-0.2, 0) is 0 Å². The molecule has 0 aliphatic heterocycles. The van der Waals surface area contributed by atoms with Gasteiger partial charge in [0.2, 0.25) is 0 Å². The van der Waals surface area contributed by atoms with Gasteiger partial charge in [-0.05, 0) is 0 Å². The average Bonchev–Trinajstić information content (AvgIpc) is 1.61. The zero-order valence-corrected chi connectivity index (χ0v) is 7.28. The van der Waals surface area contributed by atoms with Crippen molar-refractivity contribution in [2.75, 3.05) is 0 Å². The molecule has 0 spiro atoms. The van der Waals surface area contributed by atoms with E-state index in [1.165, 1.54) is 12.8 Å². The molecule has 0 aromatic carbocycles. The van der Waals surface area contributed by atoms with Gasteiger partial charge < -0.3 is 0 Å². The normalized spacial score (nSPS) is 10.3. The van der Waals surface area contributed by atoms with Gasteiger partial charge in [-0.2, -0.15) is 0 Å². The molecule has 0 aliphatic carbocycles. The summed E-state index contributed by atoms with van der Waals surface area (Å²) in [4.78, 5) is 0. The Morgan fingerprint density at radius 2 is 2.00 bits per heavy atom. The molecular weight excluding hydrogens is 149 g/mol. The van der Waals surface area contributed by atoms with E-state index in [1.807, 2.05) is 0 Å². The van der Waals surface area contributed by atoms with Gasteiger partial charge in [-0.25, -0.2) is 0 Å². The van der Waals surface area contributed by atoms with Crippen LogP contribution in [0.4, 0.5) is 0 Å². The number of unbranched alkanes of at least 4 members (excludes halogenated alkanes) is 1.